The third kappa shape index (κ3) is 4.82. The van der Waals surface area contributed by atoms with Crippen LogP contribution in [-0.4, -0.2) is 41.2 Å². The summed E-state index contributed by atoms with van der Waals surface area (Å²) >= 11 is 1.67. The molecule has 37 heavy (non-hydrogen) atoms. The van der Waals surface area contributed by atoms with Gasteiger partial charge in [0.05, 0.1) is 39.3 Å². The number of thiazole rings is 1. The molecule has 1 amide bonds. The van der Waals surface area contributed by atoms with E-state index < -0.39 is 0 Å². The van der Waals surface area contributed by atoms with Crippen LogP contribution in [0.1, 0.15) is 36.6 Å². The van der Waals surface area contributed by atoms with Gasteiger partial charge in [0.15, 0.2) is 5.75 Å². The Labute approximate surface area is 217 Å². The maximum Gasteiger partial charge on any atom is 0.259 e. The van der Waals surface area contributed by atoms with Crippen molar-refractivity contribution in [3.8, 4) is 16.2 Å². The van der Waals surface area contributed by atoms with Gasteiger partial charge in [-0.1, -0.05) is 6.07 Å². The molecule has 0 radical (unpaired) electrons. The van der Waals surface area contributed by atoms with E-state index in [9.17, 15) is 9.59 Å². The van der Waals surface area contributed by atoms with E-state index in [1.165, 1.54) is 0 Å². The lowest BCUT2D eigenvalue weighted by molar-refractivity contribution is -0.117. The number of rotatable bonds is 7. The number of carbonyl (C=O) groups is 1. The molecule has 10 heteroatoms. The summed E-state index contributed by atoms with van der Waals surface area (Å²) in [5.74, 6) is 1.45. The molecule has 0 unspecified atom stereocenters. The van der Waals surface area contributed by atoms with Crippen LogP contribution in [-0.2, 0) is 9.53 Å². The number of fused-ring (bicyclic) bond motifs is 1. The number of carbonyl (C=O) groups excluding carboxylic acids is 1. The summed E-state index contributed by atoms with van der Waals surface area (Å²) in [6, 6.07) is 9.26. The van der Waals surface area contributed by atoms with Crippen molar-refractivity contribution in [2.75, 3.05) is 31.0 Å². The summed E-state index contributed by atoms with van der Waals surface area (Å²) in [6.07, 6.45) is 7.19. The Balaban J connectivity index is 1.37. The number of anilines is 3. The van der Waals surface area contributed by atoms with E-state index in [0.29, 0.717) is 39.8 Å². The van der Waals surface area contributed by atoms with Crippen LogP contribution in [0.4, 0.5) is 17.2 Å². The fourth-order valence-corrected chi connectivity index (χ4v) is 5.78. The minimum absolute atomic E-state index is 0.0373. The molecule has 3 aromatic heterocycles. The molecule has 4 heterocycles. The number of hydrogen-bond donors (Lipinski definition) is 3. The highest BCUT2D eigenvalue weighted by molar-refractivity contribution is 7.15. The number of methoxy groups -OCH3 is 1. The van der Waals surface area contributed by atoms with Crippen molar-refractivity contribution in [1.82, 2.24) is 15.0 Å². The average molecular weight is 518 g/mol. The van der Waals surface area contributed by atoms with Gasteiger partial charge in [-0.3, -0.25) is 9.59 Å². The third-order valence-corrected chi connectivity index (χ3v) is 7.97. The van der Waals surface area contributed by atoms with Crippen LogP contribution in [0.25, 0.3) is 21.3 Å². The zero-order valence-corrected chi connectivity index (χ0v) is 21.2. The second-order valence-corrected chi connectivity index (χ2v) is 10.4. The summed E-state index contributed by atoms with van der Waals surface area (Å²) in [6.45, 7) is 1.54. The lowest BCUT2D eigenvalue weighted by Crippen LogP contribution is -2.16. The van der Waals surface area contributed by atoms with Crippen molar-refractivity contribution in [1.29, 1.82) is 0 Å². The number of aromatic amines is 1. The second kappa shape index (κ2) is 9.95. The van der Waals surface area contributed by atoms with E-state index in [2.05, 4.69) is 20.6 Å². The maximum atomic E-state index is 12.8. The van der Waals surface area contributed by atoms with Crippen LogP contribution in [0.3, 0.4) is 0 Å². The molecule has 190 valence electrons. The van der Waals surface area contributed by atoms with Crippen LogP contribution in [0.2, 0.25) is 0 Å². The van der Waals surface area contributed by atoms with Gasteiger partial charge in [0.2, 0.25) is 5.91 Å². The molecule has 2 aliphatic rings. The molecule has 3 N–H and O–H groups in total. The Morgan fingerprint density at radius 1 is 1.16 bits per heavy atom. The van der Waals surface area contributed by atoms with E-state index in [1.54, 1.807) is 36.8 Å². The number of H-pyrrole nitrogens is 1. The summed E-state index contributed by atoms with van der Waals surface area (Å²) in [5.41, 5.74) is 2.35. The summed E-state index contributed by atoms with van der Waals surface area (Å²) in [7, 11) is 1.63. The van der Waals surface area contributed by atoms with Gasteiger partial charge in [-0.2, -0.15) is 0 Å². The number of amides is 1. The van der Waals surface area contributed by atoms with Crippen LogP contribution in [0.5, 0.6) is 5.75 Å². The number of nitrogens with zero attached hydrogens (tertiary/aromatic N) is 2. The SMILES string of the molecule is COc1c(Nc2cc(NC(=O)C3CC3)nc3cc[nH]c(=O)c23)cccc1-c1cnc(C2CCOCC2)s1. The van der Waals surface area contributed by atoms with Crippen LogP contribution < -0.4 is 20.9 Å². The van der Waals surface area contributed by atoms with Crippen molar-refractivity contribution in [2.24, 2.45) is 5.92 Å². The largest absolute Gasteiger partial charge is 0.494 e. The predicted molar refractivity (Wildman–Crippen MR) is 144 cm³/mol. The molecule has 1 aromatic carbocycles. The Hall–Kier alpha value is -3.76. The molecular weight excluding hydrogens is 490 g/mol. The fourth-order valence-electron chi connectivity index (χ4n) is 4.67. The van der Waals surface area contributed by atoms with Crippen LogP contribution in [0, 0.1) is 5.92 Å². The maximum absolute atomic E-state index is 12.8. The highest BCUT2D eigenvalue weighted by atomic mass is 32.1. The number of hydrogen-bond acceptors (Lipinski definition) is 8. The normalized spacial score (nSPS) is 16.0. The number of ether oxygens (including phenoxy) is 2. The fraction of sp³-hybridized carbons (Fsp3) is 0.333. The monoisotopic (exact) mass is 517 g/mol. The highest BCUT2D eigenvalue weighted by Crippen LogP contribution is 2.42. The summed E-state index contributed by atoms with van der Waals surface area (Å²) in [4.78, 5) is 38.1. The van der Waals surface area contributed by atoms with Gasteiger partial charge >= 0.3 is 0 Å². The number of aromatic nitrogens is 3. The predicted octanol–water partition coefficient (Wildman–Crippen LogP) is 5.04. The quantitative estimate of drug-likeness (QED) is 0.314. The summed E-state index contributed by atoms with van der Waals surface area (Å²) in [5, 5.41) is 7.78. The first-order chi connectivity index (χ1) is 18.1. The molecule has 2 fully saturated rings. The van der Waals surface area contributed by atoms with E-state index in [0.717, 1.165) is 54.3 Å². The van der Waals surface area contributed by atoms with E-state index >= 15 is 0 Å². The molecule has 0 bridgehead atoms. The molecule has 1 saturated carbocycles. The molecule has 1 saturated heterocycles. The van der Waals surface area contributed by atoms with Gasteiger partial charge < -0.3 is 25.1 Å². The summed E-state index contributed by atoms with van der Waals surface area (Å²) < 4.78 is 11.4. The molecule has 4 aromatic rings. The number of nitrogens with one attached hydrogen (secondary N) is 3. The number of benzene rings is 1. The molecule has 0 spiro atoms. The standard InChI is InChI=1S/C27H27N5O4S/c1-35-24-17(21-14-29-27(37-21)16-8-11-36-12-9-16)3-2-4-19(24)30-20-13-22(32-25(33)15-5-6-15)31-18-7-10-28-26(34)23(18)20/h2-4,7,10,13-16H,5-6,8-9,11-12H2,1H3,(H,28,34)(H2,30,31,32,33). The van der Waals surface area contributed by atoms with Crippen molar-refractivity contribution in [3.63, 3.8) is 0 Å². The zero-order valence-electron chi connectivity index (χ0n) is 20.4. The first kappa shape index (κ1) is 23.6. The van der Waals surface area contributed by atoms with Crippen molar-refractivity contribution >= 4 is 45.3 Å². The molecular formula is C27H27N5O4S. The Morgan fingerprint density at radius 2 is 2.00 bits per heavy atom. The zero-order chi connectivity index (χ0) is 25.4. The van der Waals surface area contributed by atoms with Gasteiger partial charge in [0, 0.05) is 49.1 Å². The Kier molecular flexibility index (Phi) is 6.35. The molecule has 6 rings (SSSR count). The number of pyridine rings is 2. The topological polar surface area (TPSA) is 118 Å². The minimum Gasteiger partial charge on any atom is -0.494 e. The van der Waals surface area contributed by atoms with Gasteiger partial charge in [0.25, 0.3) is 5.56 Å². The Bertz CT molecular complexity index is 1520. The first-order valence-electron chi connectivity index (χ1n) is 12.4. The van der Waals surface area contributed by atoms with E-state index in [-0.39, 0.29) is 17.4 Å². The van der Waals surface area contributed by atoms with Crippen molar-refractivity contribution in [3.05, 3.63) is 58.1 Å². The number of para-hydroxylation sites is 1. The first-order valence-corrected chi connectivity index (χ1v) is 13.2. The van der Waals surface area contributed by atoms with Gasteiger partial charge in [0.1, 0.15) is 5.82 Å². The van der Waals surface area contributed by atoms with Crippen molar-refractivity contribution in [2.45, 2.75) is 31.6 Å². The van der Waals surface area contributed by atoms with E-state index in [1.807, 2.05) is 24.4 Å². The second-order valence-electron chi connectivity index (χ2n) is 9.35. The lowest BCUT2D eigenvalue weighted by Gasteiger charge is -2.19. The van der Waals surface area contributed by atoms with Gasteiger partial charge in [-0.15, -0.1) is 11.3 Å². The van der Waals surface area contributed by atoms with Gasteiger partial charge in [-0.05, 0) is 43.9 Å². The third-order valence-electron chi connectivity index (χ3n) is 6.78. The Morgan fingerprint density at radius 3 is 2.78 bits per heavy atom. The smallest absolute Gasteiger partial charge is 0.259 e. The van der Waals surface area contributed by atoms with Gasteiger partial charge in [-0.25, -0.2) is 9.97 Å². The molecule has 0 atom stereocenters. The van der Waals surface area contributed by atoms with Crippen LogP contribution >= 0.6 is 11.3 Å². The molecule has 9 nitrogen and oxygen atoms in total. The van der Waals surface area contributed by atoms with Crippen LogP contribution in [0.15, 0.2) is 47.5 Å². The average Bonchev–Trinajstić information content (AvgIpc) is 3.66. The molecule has 1 aliphatic heterocycles. The molecule has 1 aliphatic carbocycles. The minimum atomic E-state index is -0.272. The van der Waals surface area contributed by atoms with E-state index in [4.69, 9.17) is 14.5 Å². The lowest BCUT2D eigenvalue weighted by atomic mass is 10.0. The highest BCUT2D eigenvalue weighted by Gasteiger charge is 2.30. The van der Waals surface area contributed by atoms with Crippen molar-refractivity contribution < 1.29 is 14.3 Å².